The van der Waals surface area contributed by atoms with E-state index in [2.05, 4.69) is 53.8 Å². The molecule has 0 bridgehead atoms. The van der Waals surface area contributed by atoms with Crippen LogP contribution in [0.4, 0.5) is 5.69 Å². The molecule has 0 amide bonds. The molecule has 2 aromatic rings. The number of nitrogens with zero attached hydrogens (tertiary/aromatic N) is 2. The average Bonchev–Trinajstić information content (AvgIpc) is 2.82. The van der Waals surface area contributed by atoms with Crippen molar-refractivity contribution < 1.29 is 0 Å². The molecule has 0 fully saturated rings. The van der Waals surface area contributed by atoms with Gasteiger partial charge >= 0.3 is 0 Å². The summed E-state index contributed by atoms with van der Waals surface area (Å²) < 4.78 is 2.04. The standard InChI is InChI=1S/C17H24N4S/c1-4-15-8-5-6-9-16(15)19-17(22)18-10-7-11-21-14(3)12-13(2)20-21/h5-6,8-9,12H,4,7,10-11H2,1-3H3,(H2,18,19,22). The van der Waals surface area contributed by atoms with Gasteiger partial charge in [0.1, 0.15) is 0 Å². The van der Waals surface area contributed by atoms with E-state index < -0.39 is 0 Å². The summed E-state index contributed by atoms with van der Waals surface area (Å²) in [5, 5.41) is 11.7. The van der Waals surface area contributed by atoms with Gasteiger partial charge in [-0.05, 0) is 56.6 Å². The van der Waals surface area contributed by atoms with Crippen molar-refractivity contribution in [1.82, 2.24) is 15.1 Å². The van der Waals surface area contributed by atoms with Crippen molar-refractivity contribution in [3.8, 4) is 0 Å². The number of aromatic nitrogens is 2. The lowest BCUT2D eigenvalue weighted by atomic mass is 10.1. The Hall–Kier alpha value is -1.88. The quantitative estimate of drug-likeness (QED) is 0.633. The van der Waals surface area contributed by atoms with Crippen LogP contribution in [0.25, 0.3) is 0 Å². The van der Waals surface area contributed by atoms with E-state index in [1.54, 1.807) is 0 Å². The Morgan fingerprint density at radius 2 is 2.05 bits per heavy atom. The largest absolute Gasteiger partial charge is 0.362 e. The SMILES string of the molecule is CCc1ccccc1NC(=S)NCCCn1nc(C)cc1C. The molecule has 0 spiro atoms. The third-order valence-electron chi connectivity index (χ3n) is 3.58. The van der Waals surface area contributed by atoms with E-state index in [0.717, 1.165) is 37.3 Å². The van der Waals surface area contributed by atoms with Crippen LogP contribution in [-0.4, -0.2) is 21.4 Å². The highest BCUT2D eigenvalue weighted by atomic mass is 32.1. The van der Waals surface area contributed by atoms with E-state index in [0.29, 0.717) is 5.11 Å². The van der Waals surface area contributed by atoms with E-state index in [1.165, 1.54) is 11.3 Å². The summed E-state index contributed by atoms with van der Waals surface area (Å²) in [6.07, 6.45) is 1.98. The van der Waals surface area contributed by atoms with Gasteiger partial charge in [-0.15, -0.1) is 0 Å². The highest BCUT2D eigenvalue weighted by Gasteiger charge is 2.03. The van der Waals surface area contributed by atoms with E-state index >= 15 is 0 Å². The Morgan fingerprint density at radius 3 is 2.73 bits per heavy atom. The molecule has 0 unspecified atom stereocenters. The number of benzene rings is 1. The predicted octanol–water partition coefficient (Wildman–Crippen LogP) is 3.44. The molecule has 5 heteroatoms. The molecular formula is C17H24N4S. The molecule has 0 atom stereocenters. The highest BCUT2D eigenvalue weighted by Crippen LogP contribution is 2.15. The summed E-state index contributed by atoms with van der Waals surface area (Å²) in [5.41, 5.74) is 4.63. The first kappa shape index (κ1) is 16.5. The first-order chi connectivity index (χ1) is 10.6. The maximum atomic E-state index is 5.36. The molecule has 0 saturated carbocycles. The molecule has 2 rings (SSSR count). The molecule has 2 N–H and O–H groups in total. The zero-order valence-electron chi connectivity index (χ0n) is 13.5. The molecule has 1 aromatic carbocycles. The fraction of sp³-hybridized carbons (Fsp3) is 0.412. The zero-order chi connectivity index (χ0) is 15.9. The smallest absolute Gasteiger partial charge is 0.170 e. The first-order valence-electron chi connectivity index (χ1n) is 7.74. The van der Waals surface area contributed by atoms with Crippen molar-refractivity contribution in [2.75, 3.05) is 11.9 Å². The van der Waals surface area contributed by atoms with E-state index in [-0.39, 0.29) is 0 Å². The van der Waals surface area contributed by atoms with Crippen LogP contribution in [0, 0.1) is 13.8 Å². The Balaban J connectivity index is 1.75. The van der Waals surface area contributed by atoms with E-state index in [4.69, 9.17) is 12.2 Å². The normalized spacial score (nSPS) is 10.5. The van der Waals surface area contributed by atoms with Crippen LogP contribution in [0.5, 0.6) is 0 Å². The van der Waals surface area contributed by atoms with Gasteiger partial charge in [-0.3, -0.25) is 4.68 Å². The van der Waals surface area contributed by atoms with Crippen molar-refractivity contribution in [2.45, 2.75) is 40.2 Å². The number of nitrogens with one attached hydrogen (secondary N) is 2. The average molecular weight is 316 g/mol. The van der Waals surface area contributed by atoms with Crippen molar-refractivity contribution in [3.05, 3.63) is 47.3 Å². The predicted molar refractivity (Wildman–Crippen MR) is 96.4 cm³/mol. The Morgan fingerprint density at radius 1 is 1.27 bits per heavy atom. The molecule has 1 aromatic heterocycles. The number of aryl methyl sites for hydroxylation is 4. The van der Waals surface area contributed by atoms with Crippen LogP contribution in [0.2, 0.25) is 0 Å². The van der Waals surface area contributed by atoms with Gasteiger partial charge in [0.05, 0.1) is 5.69 Å². The molecule has 0 aliphatic heterocycles. The Bertz CT molecular complexity index is 633. The van der Waals surface area contributed by atoms with Gasteiger partial charge in [-0.2, -0.15) is 5.10 Å². The number of rotatable bonds is 6. The maximum Gasteiger partial charge on any atom is 0.170 e. The fourth-order valence-corrected chi connectivity index (χ4v) is 2.66. The second-order valence-electron chi connectivity index (χ2n) is 5.40. The van der Waals surface area contributed by atoms with Gasteiger partial charge in [0.2, 0.25) is 0 Å². The molecule has 0 aliphatic rings. The molecule has 0 aliphatic carbocycles. The van der Waals surface area contributed by atoms with Gasteiger partial charge in [0.25, 0.3) is 0 Å². The fourth-order valence-electron chi connectivity index (χ4n) is 2.45. The molecule has 118 valence electrons. The Kier molecular flexibility index (Phi) is 5.95. The minimum Gasteiger partial charge on any atom is -0.362 e. The molecule has 22 heavy (non-hydrogen) atoms. The minimum absolute atomic E-state index is 0.675. The number of hydrogen-bond donors (Lipinski definition) is 2. The van der Waals surface area contributed by atoms with Crippen molar-refractivity contribution in [1.29, 1.82) is 0 Å². The van der Waals surface area contributed by atoms with Crippen molar-refractivity contribution in [3.63, 3.8) is 0 Å². The van der Waals surface area contributed by atoms with Crippen LogP contribution >= 0.6 is 12.2 Å². The van der Waals surface area contributed by atoms with E-state index in [9.17, 15) is 0 Å². The number of thiocarbonyl (C=S) groups is 1. The van der Waals surface area contributed by atoms with Crippen LogP contribution in [0.15, 0.2) is 30.3 Å². The van der Waals surface area contributed by atoms with Gasteiger partial charge < -0.3 is 10.6 Å². The zero-order valence-corrected chi connectivity index (χ0v) is 14.3. The third kappa shape index (κ3) is 4.56. The third-order valence-corrected chi connectivity index (χ3v) is 3.83. The first-order valence-corrected chi connectivity index (χ1v) is 8.14. The minimum atomic E-state index is 0.675. The van der Waals surface area contributed by atoms with Crippen molar-refractivity contribution in [2.24, 2.45) is 0 Å². The molecule has 0 saturated heterocycles. The Labute approximate surface area is 137 Å². The number of anilines is 1. The molecule has 4 nitrogen and oxygen atoms in total. The van der Waals surface area contributed by atoms with E-state index in [1.807, 2.05) is 17.7 Å². The van der Waals surface area contributed by atoms with Crippen molar-refractivity contribution >= 4 is 23.0 Å². The second-order valence-corrected chi connectivity index (χ2v) is 5.80. The van der Waals surface area contributed by atoms with Gasteiger partial charge in [0, 0.05) is 24.5 Å². The molecule has 0 radical (unpaired) electrons. The number of para-hydroxylation sites is 1. The highest BCUT2D eigenvalue weighted by molar-refractivity contribution is 7.80. The summed E-state index contributed by atoms with van der Waals surface area (Å²) in [6, 6.07) is 10.3. The lowest BCUT2D eigenvalue weighted by molar-refractivity contribution is 0.558. The summed E-state index contributed by atoms with van der Waals surface area (Å²) in [5.74, 6) is 0. The van der Waals surface area contributed by atoms with Gasteiger partial charge in [-0.25, -0.2) is 0 Å². The monoisotopic (exact) mass is 316 g/mol. The van der Waals surface area contributed by atoms with Crippen LogP contribution in [0.3, 0.4) is 0 Å². The van der Waals surface area contributed by atoms with Crippen LogP contribution in [0.1, 0.15) is 30.3 Å². The molecule has 1 heterocycles. The summed E-state index contributed by atoms with van der Waals surface area (Å²) in [4.78, 5) is 0. The summed E-state index contributed by atoms with van der Waals surface area (Å²) >= 11 is 5.36. The lowest BCUT2D eigenvalue weighted by Crippen LogP contribution is -2.30. The summed E-state index contributed by atoms with van der Waals surface area (Å²) in [7, 11) is 0. The molecular weight excluding hydrogens is 292 g/mol. The number of hydrogen-bond acceptors (Lipinski definition) is 2. The topological polar surface area (TPSA) is 41.9 Å². The van der Waals surface area contributed by atoms with Gasteiger partial charge in [0.15, 0.2) is 5.11 Å². The second kappa shape index (κ2) is 7.94. The van der Waals surface area contributed by atoms with Crippen LogP contribution < -0.4 is 10.6 Å². The van der Waals surface area contributed by atoms with Gasteiger partial charge in [-0.1, -0.05) is 25.1 Å². The van der Waals surface area contributed by atoms with Crippen LogP contribution in [-0.2, 0) is 13.0 Å². The lowest BCUT2D eigenvalue weighted by Gasteiger charge is -2.13. The summed E-state index contributed by atoms with van der Waals surface area (Å²) in [6.45, 7) is 7.98. The maximum absolute atomic E-state index is 5.36.